The zero-order valence-electron chi connectivity index (χ0n) is 26.9. The van der Waals surface area contributed by atoms with E-state index in [-0.39, 0.29) is 25.8 Å². The zero-order chi connectivity index (χ0) is 30.9. The predicted molar refractivity (Wildman–Crippen MR) is 166 cm³/mol. The molecule has 0 aromatic rings. The molecule has 3 atom stereocenters. The Bertz CT molecular complexity index is 662. The van der Waals surface area contributed by atoms with E-state index < -0.39 is 40.5 Å². The summed E-state index contributed by atoms with van der Waals surface area (Å²) in [5, 5.41) is 32.9. The number of hydrogen-bond acceptors (Lipinski definition) is 4. The normalized spacial score (nSPS) is 15.4. The average Bonchev–Trinajstić information content (AvgIpc) is 2.93. The summed E-state index contributed by atoms with van der Waals surface area (Å²) in [7, 11) is 0. The number of allylic oxidation sites excluding steroid dienone is 1. The molecule has 0 rings (SSSR count). The summed E-state index contributed by atoms with van der Waals surface area (Å²) >= 11 is 0. The van der Waals surface area contributed by atoms with Gasteiger partial charge in [0, 0.05) is 25.7 Å². The Kier molecular flexibility index (Phi) is 23.5. The van der Waals surface area contributed by atoms with E-state index in [4.69, 9.17) is 0 Å². The van der Waals surface area contributed by atoms with Crippen LogP contribution in [0.1, 0.15) is 163 Å². The third kappa shape index (κ3) is 15.2. The van der Waals surface area contributed by atoms with Crippen LogP contribution in [-0.2, 0) is 14.4 Å². The second kappa shape index (κ2) is 24.7. The maximum absolute atomic E-state index is 12.5. The van der Waals surface area contributed by atoms with Crippen molar-refractivity contribution in [2.45, 2.75) is 181 Å². The Morgan fingerprint density at radius 2 is 0.927 bits per heavy atom. The molecule has 0 heterocycles. The number of hydrogen-bond donors (Lipinski definition) is 2. The molecule has 240 valence electrons. The van der Waals surface area contributed by atoms with Crippen molar-refractivity contribution < 1.29 is 34.2 Å². The van der Waals surface area contributed by atoms with Crippen LogP contribution in [0.15, 0.2) is 12.2 Å². The van der Waals surface area contributed by atoms with Gasteiger partial charge in [0.2, 0.25) is 0 Å². The van der Waals surface area contributed by atoms with Crippen molar-refractivity contribution in [1.82, 2.24) is 0 Å². The third-order valence-electron chi connectivity index (χ3n) is 8.59. The van der Waals surface area contributed by atoms with Crippen LogP contribution in [0, 0.1) is 0 Å². The van der Waals surface area contributed by atoms with E-state index in [2.05, 4.69) is 13.0 Å². The lowest BCUT2D eigenvalue weighted by molar-refractivity contribution is -0.974. The summed E-state index contributed by atoms with van der Waals surface area (Å²) in [5.41, 5.74) is 0. The Hall–Kier alpha value is -1.89. The molecular weight excluding hydrogens is 518 g/mol. The highest BCUT2D eigenvalue weighted by atomic mass is 16.4. The molecule has 0 saturated heterocycles. The van der Waals surface area contributed by atoms with E-state index in [9.17, 15) is 29.7 Å². The van der Waals surface area contributed by atoms with E-state index in [1.807, 2.05) is 26.8 Å². The molecule has 0 aliphatic carbocycles. The summed E-state index contributed by atoms with van der Waals surface area (Å²) in [6, 6.07) is -3.41. The van der Waals surface area contributed by atoms with E-state index in [0.717, 1.165) is 12.8 Å². The fraction of sp³-hybridized carbons (Fsp3) is 0.853. The minimum absolute atomic E-state index is 0.154. The molecule has 41 heavy (non-hydrogen) atoms. The number of carbonyl (C=O) groups is 3. The van der Waals surface area contributed by atoms with Crippen LogP contribution in [0.25, 0.3) is 0 Å². The molecule has 0 radical (unpaired) electrons. The highest BCUT2D eigenvalue weighted by Crippen LogP contribution is 2.33. The lowest BCUT2D eigenvalue weighted by Gasteiger charge is -2.52. The monoisotopic (exact) mass is 581 g/mol. The van der Waals surface area contributed by atoms with Crippen LogP contribution in [0.5, 0.6) is 0 Å². The molecule has 0 saturated carbocycles. The van der Waals surface area contributed by atoms with Gasteiger partial charge in [-0.25, -0.2) is 9.59 Å². The first-order chi connectivity index (χ1) is 19.7. The minimum atomic E-state index is -1.35. The quantitative estimate of drug-likeness (QED) is 0.0532. The van der Waals surface area contributed by atoms with Gasteiger partial charge in [-0.05, 0) is 25.7 Å². The summed E-state index contributed by atoms with van der Waals surface area (Å²) in [6.07, 6.45) is 24.6. The molecule has 7 nitrogen and oxygen atoms in total. The van der Waals surface area contributed by atoms with Gasteiger partial charge in [0.05, 0.1) is 12.5 Å². The van der Waals surface area contributed by atoms with Crippen molar-refractivity contribution in [2.24, 2.45) is 0 Å². The maximum Gasteiger partial charge on any atom is 0.362 e. The molecule has 7 heteroatoms. The number of carboxylic acid groups (broad SMARTS) is 3. The largest absolute Gasteiger partial charge is 0.544 e. The van der Waals surface area contributed by atoms with Crippen molar-refractivity contribution in [3.05, 3.63) is 12.2 Å². The first kappa shape index (κ1) is 39.1. The van der Waals surface area contributed by atoms with Gasteiger partial charge < -0.3 is 20.1 Å². The number of carboxylic acids is 3. The van der Waals surface area contributed by atoms with Gasteiger partial charge in [-0.3, -0.25) is 4.48 Å². The van der Waals surface area contributed by atoms with Crippen molar-refractivity contribution in [1.29, 1.82) is 0 Å². The van der Waals surface area contributed by atoms with Crippen molar-refractivity contribution in [3.8, 4) is 0 Å². The van der Waals surface area contributed by atoms with Crippen LogP contribution in [0.2, 0.25) is 0 Å². The van der Waals surface area contributed by atoms with Crippen LogP contribution >= 0.6 is 0 Å². The first-order valence-electron chi connectivity index (χ1n) is 16.9. The van der Waals surface area contributed by atoms with E-state index in [1.165, 1.54) is 77.0 Å². The topological polar surface area (TPSA) is 115 Å². The summed E-state index contributed by atoms with van der Waals surface area (Å²) in [4.78, 5) is 37.5. The van der Waals surface area contributed by atoms with E-state index >= 15 is 0 Å². The lowest BCUT2D eigenvalue weighted by Crippen LogP contribution is -2.74. The number of nitrogens with zero attached hydrogens (tertiary/aromatic N) is 1. The fourth-order valence-corrected chi connectivity index (χ4v) is 6.45. The number of carbonyl (C=O) groups excluding carboxylic acids is 1. The second-order valence-corrected chi connectivity index (χ2v) is 11.9. The fourth-order valence-electron chi connectivity index (χ4n) is 6.45. The highest BCUT2D eigenvalue weighted by molar-refractivity contribution is 5.77. The first-order valence-corrected chi connectivity index (χ1v) is 16.9. The van der Waals surface area contributed by atoms with Crippen molar-refractivity contribution in [2.75, 3.05) is 6.54 Å². The Morgan fingerprint density at radius 3 is 1.29 bits per heavy atom. The highest BCUT2D eigenvalue weighted by Gasteiger charge is 2.54. The summed E-state index contributed by atoms with van der Waals surface area (Å²) in [5.74, 6) is -3.62. The van der Waals surface area contributed by atoms with Crippen LogP contribution < -0.4 is 5.11 Å². The van der Waals surface area contributed by atoms with Crippen LogP contribution in [0.4, 0.5) is 0 Å². The maximum atomic E-state index is 12.5. The number of aliphatic carboxylic acids is 3. The zero-order valence-corrected chi connectivity index (χ0v) is 26.9. The van der Waals surface area contributed by atoms with Crippen LogP contribution in [0.3, 0.4) is 0 Å². The Balaban J connectivity index is 5.09. The molecule has 0 aromatic carbocycles. The molecular formula is C34H63NO6. The molecule has 0 aliphatic heterocycles. The van der Waals surface area contributed by atoms with Gasteiger partial charge in [-0.1, -0.05) is 123 Å². The van der Waals surface area contributed by atoms with E-state index in [0.29, 0.717) is 25.7 Å². The van der Waals surface area contributed by atoms with Crippen molar-refractivity contribution >= 4 is 17.9 Å². The van der Waals surface area contributed by atoms with Gasteiger partial charge in [-0.2, -0.15) is 0 Å². The molecule has 0 bridgehead atoms. The Morgan fingerprint density at radius 1 is 0.561 bits per heavy atom. The molecule has 3 unspecified atom stereocenters. The van der Waals surface area contributed by atoms with Gasteiger partial charge in [0.25, 0.3) is 0 Å². The van der Waals surface area contributed by atoms with Gasteiger partial charge >= 0.3 is 11.9 Å². The molecule has 2 N–H and O–H groups in total. The SMILES string of the molecule is CCCCCCCCCCCCCCC/C=C/CC[N+](C(CCC)C(=O)[O-])(C(CCC)C(=O)O)C(CCC)C(=O)O. The lowest BCUT2D eigenvalue weighted by atomic mass is 9.91. The molecule has 0 spiro atoms. The summed E-state index contributed by atoms with van der Waals surface area (Å²) in [6.45, 7) is 7.95. The predicted octanol–water partition coefficient (Wildman–Crippen LogP) is 7.66. The van der Waals surface area contributed by atoms with Gasteiger partial charge in [-0.15, -0.1) is 0 Å². The molecule has 0 fully saturated rings. The number of unbranched alkanes of at least 4 members (excludes halogenated alkanes) is 13. The molecule has 0 aromatic heterocycles. The van der Waals surface area contributed by atoms with E-state index in [1.54, 1.807) is 0 Å². The molecule has 0 aliphatic rings. The number of rotatable bonds is 29. The van der Waals surface area contributed by atoms with Gasteiger partial charge in [0.15, 0.2) is 12.1 Å². The summed E-state index contributed by atoms with van der Waals surface area (Å²) < 4.78 is -0.481. The number of quaternary nitrogens is 1. The smallest absolute Gasteiger partial charge is 0.362 e. The average molecular weight is 582 g/mol. The minimum Gasteiger partial charge on any atom is -0.544 e. The second-order valence-electron chi connectivity index (χ2n) is 11.9. The standard InChI is InChI=1S/C34H63NO6/c1-5-9-10-11-12-13-14-15-16-17-18-19-20-21-22-23-24-28-35(29(25-6-2)32(36)37,30(26-7-3)33(38)39)31(27-8-4)34(40)41/h22-23,29-31H,5-21,24-28H2,1-4H3,(H2-,36,37,38,39,40,41)/b23-22+. The molecule has 0 amide bonds. The Labute approximate surface area is 251 Å². The van der Waals surface area contributed by atoms with Crippen LogP contribution in [-0.4, -0.2) is 57.3 Å². The third-order valence-corrected chi connectivity index (χ3v) is 8.59. The van der Waals surface area contributed by atoms with Crippen molar-refractivity contribution in [3.63, 3.8) is 0 Å². The van der Waals surface area contributed by atoms with Gasteiger partial charge in [0.1, 0.15) is 6.04 Å².